The molecule has 2 aliphatic heterocycles. The van der Waals surface area contributed by atoms with Gasteiger partial charge < -0.3 is 10.6 Å². The lowest BCUT2D eigenvalue weighted by molar-refractivity contribution is 0.0985. The van der Waals surface area contributed by atoms with Crippen molar-refractivity contribution in [2.24, 2.45) is 0 Å². The SMILES string of the molecule is c1ccc(C(c2ccccc2)N2CCNCC2CCCC2CNCCN2C(c2ccccc2)c2ccccc2)cc1. The monoisotopic (exact) mass is 544 g/mol. The van der Waals surface area contributed by atoms with E-state index in [1.807, 2.05) is 0 Å². The third-order valence-corrected chi connectivity index (χ3v) is 8.99. The molecule has 2 N–H and O–H groups in total. The second kappa shape index (κ2) is 14.1. The molecule has 6 rings (SSSR count). The summed E-state index contributed by atoms with van der Waals surface area (Å²) in [6.07, 6.45) is 3.63. The molecule has 0 radical (unpaired) electrons. The van der Waals surface area contributed by atoms with E-state index >= 15 is 0 Å². The zero-order chi connectivity index (χ0) is 27.7. The van der Waals surface area contributed by atoms with Crippen molar-refractivity contribution in [2.45, 2.75) is 43.4 Å². The van der Waals surface area contributed by atoms with Crippen molar-refractivity contribution in [1.29, 1.82) is 0 Å². The molecule has 4 aromatic rings. The maximum Gasteiger partial charge on any atom is 0.0605 e. The highest BCUT2D eigenvalue weighted by molar-refractivity contribution is 5.33. The highest BCUT2D eigenvalue weighted by atomic mass is 15.3. The first-order valence-corrected chi connectivity index (χ1v) is 15.5. The summed E-state index contributed by atoms with van der Waals surface area (Å²) in [6.45, 7) is 6.34. The molecule has 41 heavy (non-hydrogen) atoms. The minimum atomic E-state index is 0.290. The summed E-state index contributed by atoms with van der Waals surface area (Å²) in [4.78, 5) is 5.55. The van der Waals surface area contributed by atoms with E-state index in [0.29, 0.717) is 12.1 Å². The number of nitrogens with one attached hydrogen (secondary N) is 2. The van der Waals surface area contributed by atoms with Crippen LogP contribution < -0.4 is 10.6 Å². The molecule has 0 amide bonds. The first-order valence-electron chi connectivity index (χ1n) is 15.5. The second-order valence-corrected chi connectivity index (χ2v) is 11.6. The van der Waals surface area contributed by atoms with Gasteiger partial charge in [-0.2, -0.15) is 0 Å². The lowest BCUT2D eigenvalue weighted by Crippen LogP contribution is -2.54. The van der Waals surface area contributed by atoms with Crippen LogP contribution in [0, 0.1) is 0 Å². The fourth-order valence-electron chi connectivity index (χ4n) is 7.05. The van der Waals surface area contributed by atoms with E-state index in [2.05, 4.69) is 142 Å². The van der Waals surface area contributed by atoms with Crippen molar-refractivity contribution in [3.8, 4) is 0 Å². The van der Waals surface area contributed by atoms with Crippen molar-refractivity contribution < 1.29 is 0 Å². The van der Waals surface area contributed by atoms with Gasteiger partial charge in [0.05, 0.1) is 12.1 Å². The Kier molecular flexibility index (Phi) is 9.56. The molecular weight excluding hydrogens is 500 g/mol. The number of benzene rings is 4. The lowest BCUT2D eigenvalue weighted by Gasteiger charge is -2.44. The zero-order valence-electron chi connectivity index (χ0n) is 24.1. The van der Waals surface area contributed by atoms with Gasteiger partial charge in [0, 0.05) is 51.4 Å². The fourth-order valence-corrected chi connectivity index (χ4v) is 7.05. The number of rotatable bonds is 10. The zero-order valence-corrected chi connectivity index (χ0v) is 24.1. The van der Waals surface area contributed by atoms with Gasteiger partial charge in [0.1, 0.15) is 0 Å². The Hall–Kier alpha value is -3.28. The van der Waals surface area contributed by atoms with E-state index in [0.717, 1.165) is 39.3 Å². The van der Waals surface area contributed by atoms with Crippen molar-refractivity contribution >= 4 is 0 Å². The van der Waals surface area contributed by atoms with Crippen LogP contribution in [0.5, 0.6) is 0 Å². The van der Waals surface area contributed by atoms with Crippen LogP contribution in [0.1, 0.15) is 53.6 Å². The van der Waals surface area contributed by atoms with Gasteiger partial charge in [-0.25, -0.2) is 0 Å². The third-order valence-electron chi connectivity index (χ3n) is 8.99. The summed E-state index contributed by atoms with van der Waals surface area (Å²) in [5, 5.41) is 7.43. The highest BCUT2D eigenvalue weighted by Gasteiger charge is 2.33. The van der Waals surface area contributed by atoms with E-state index in [4.69, 9.17) is 0 Å². The van der Waals surface area contributed by atoms with Gasteiger partial charge in [-0.15, -0.1) is 0 Å². The van der Waals surface area contributed by atoms with Gasteiger partial charge >= 0.3 is 0 Å². The van der Waals surface area contributed by atoms with E-state index in [1.165, 1.54) is 41.5 Å². The summed E-state index contributed by atoms with van der Waals surface area (Å²) >= 11 is 0. The lowest BCUT2D eigenvalue weighted by atomic mass is 9.91. The first kappa shape index (κ1) is 27.9. The quantitative estimate of drug-likeness (QED) is 0.246. The molecule has 2 aliphatic rings. The number of nitrogens with zero attached hydrogens (tertiary/aromatic N) is 2. The highest BCUT2D eigenvalue weighted by Crippen LogP contribution is 2.34. The van der Waals surface area contributed by atoms with Crippen LogP contribution in [0.2, 0.25) is 0 Å². The molecule has 2 heterocycles. The molecule has 4 aromatic carbocycles. The van der Waals surface area contributed by atoms with E-state index < -0.39 is 0 Å². The smallest absolute Gasteiger partial charge is 0.0605 e. The fraction of sp³-hybridized carbons (Fsp3) is 0.351. The summed E-state index contributed by atoms with van der Waals surface area (Å²) in [5.41, 5.74) is 5.56. The van der Waals surface area contributed by atoms with Crippen molar-refractivity contribution in [3.05, 3.63) is 144 Å². The van der Waals surface area contributed by atoms with Gasteiger partial charge in [0.2, 0.25) is 0 Å². The molecule has 4 heteroatoms. The minimum Gasteiger partial charge on any atom is -0.314 e. The molecule has 2 saturated heterocycles. The Balaban J connectivity index is 1.19. The van der Waals surface area contributed by atoms with E-state index in [1.54, 1.807) is 0 Å². The molecule has 2 atom stereocenters. The van der Waals surface area contributed by atoms with Crippen molar-refractivity contribution in [3.63, 3.8) is 0 Å². The Bertz CT molecular complexity index is 1120. The summed E-state index contributed by atoms with van der Waals surface area (Å²) in [7, 11) is 0. The van der Waals surface area contributed by atoms with Crippen LogP contribution in [-0.4, -0.2) is 61.2 Å². The predicted molar refractivity (Wildman–Crippen MR) is 170 cm³/mol. The van der Waals surface area contributed by atoms with E-state index in [9.17, 15) is 0 Å². The standard InChI is InChI=1S/C37H44N4/c1-5-14-30(15-6-1)36(31-16-7-2-8-17-31)40-26-24-38-28-34(40)22-13-23-35-29-39-25-27-41(35)37(32-18-9-3-10-19-32)33-20-11-4-12-21-33/h1-12,14-21,34-39H,13,22-29H2. The topological polar surface area (TPSA) is 30.5 Å². The molecule has 0 saturated carbocycles. The summed E-state index contributed by atoms with van der Waals surface area (Å²) in [5.74, 6) is 0. The van der Waals surface area contributed by atoms with Gasteiger partial charge in [-0.3, -0.25) is 9.80 Å². The second-order valence-electron chi connectivity index (χ2n) is 11.6. The number of hydrogen-bond donors (Lipinski definition) is 2. The molecule has 212 valence electrons. The summed E-state index contributed by atoms with van der Waals surface area (Å²) in [6, 6.07) is 46.0. The van der Waals surface area contributed by atoms with E-state index in [-0.39, 0.29) is 12.1 Å². The average Bonchev–Trinajstić information content (AvgIpc) is 3.05. The average molecular weight is 545 g/mol. The van der Waals surface area contributed by atoms with Gasteiger partial charge in [-0.1, -0.05) is 128 Å². The molecule has 2 fully saturated rings. The van der Waals surface area contributed by atoms with Gasteiger partial charge in [-0.05, 0) is 35.1 Å². The molecule has 2 unspecified atom stereocenters. The maximum absolute atomic E-state index is 3.72. The van der Waals surface area contributed by atoms with Crippen LogP contribution in [0.3, 0.4) is 0 Å². The van der Waals surface area contributed by atoms with Gasteiger partial charge in [0.25, 0.3) is 0 Å². The van der Waals surface area contributed by atoms with Crippen LogP contribution in [0.25, 0.3) is 0 Å². The predicted octanol–water partition coefficient (Wildman–Crippen LogP) is 6.28. The Morgan fingerprint density at radius 2 is 0.805 bits per heavy atom. The largest absolute Gasteiger partial charge is 0.314 e. The normalized spacial score (nSPS) is 20.4. The van der Waals surface area contributed by atoms with Crippen LogP contribution in [0.15, 0.2) is 121 Å². The molecule has 0 aromatic heterocycles. The maximum atomic E-state index is 3.72. The molecule has 0 bridgehead atoms. The molecule has 4 nitrogen and oxygen atoms in total. The Morgan fingerprint density at radius 3 is 1.12 bits per heavy atom. The van der Waals surface area contributed by atoms with Crippen molar-refractivity contribution in [1.82, 2.24) is 20.4 Å². The molecule has 0 aliphatic carbocycles. The first-order chi connectivity index (χ1) is 20.4. The van der Waals surface area contributed by atoms with Crippen LogP contribution in [0.4, 0.5) is 0 Å². The number of hydrogen-bond acceptors (Lipinski definition) is 4. The molecular formula is C37H44N4. The molecule has 0 spiro atoms. The Labute approximate surface area is 246 Å². The third kappa shape index (κ3) is 6.79. The van der Waals surface area contributed by atoms with Crippen LogP contribution >= 0.6 is 0 Å². The Morgan fingerprint density at radius 1 is 0.488 bits per heavy atom. The van der Waals surface area contributed by atoms with Crippen LogP contribution in [-0.2, 0) is 0 Å². The number of piperazine rings is 2. The summed E-state index contributed by atoms with van der Waals surface area (Å²) < 4.78 is 0. The van der Waals surface area contributed by atoms with Gasteiger partial charge in [0.15, 0.2) is 0 Å². The minimum absolute atomic E-state index is 0.290. The van der Waals surface area contributed by atoms with Crippen molar-refractivity contribution in [2.75, 3.05) is 39.3 Å².